The van der Waals surface area contributed by atoms with E-state index in [9.17, 15) is 4.79 Å². The molecule has 0 radical (unpaired) electrons. The molecule has 0 saturated carbocycles. The number of nitrogens with one attached hydrogen (secondary N) is 1. The third kappa shape index (κ3) is 3.06. The van der Waals surface area contributed by atoms with E-state index in [1.54, 1.807) is 6.07 Å². The molecular weight excluding hydrogens is 194 g/mol. The first-order chi connectivity index (χ1) is 7.17. The van der Waals surface area contributed by atoms with Crippen LogP contribution in [0.4, 0.5) is 5.88 Å². The van der Waals surface area contributed by atoms with Crippen molar-refractivity contribution in [2.24, 2.45) is 0 Å². The Morgan fingerprint density at radius 3 is 2.93 bits per heavy atom. The first-order valence-corrected chi connectivity index (χ1v) is 4.70. The summed E-state index contributed by atoms with van der Waals surface area (Å²) in [7, 11) is 0. The number of carbonyl (C=O) groups is 1. The molecule has 4 nitrogen and oxygen atoms in total. The predicted octanol–water partition coefficient (Wildman–Crippen LogP) is 2.19. The summed E-state index contributed by atoms with van der Waals surface area (Å²) in [5.41, 5.74) is 0. The van der Waals surface area contributed by atoms with Crippen LogP contribution in [0.25, 0.3) is 0 Å². The lowest BCUT2D eigenvalue weighted by Gasteiger charge is -2.12. The topological polar surface area (TPSA) is 62.5 Å². The van der Waals surface area contributed by atoms with Gasteiger partial charge in [0.05, 0.1) is 0 Å². The molecule has 15 heavy (non-hydrogen) atoms. The maximum atomic E-state index is 10.5. The average molecular weight is 207 g/mol. The van der Waals surface area contributed by atoms with Crippen LogP contribution in [0.3, 0.4) is 0 Å². The van der Waals surface area contributed by atoms with Crippen molar-refractivity contribution in [3.8, 4) is 12.3 Å². The van der Waals surface area contributed by atoms with Crippen LogP contribution in [0.2, 0.25) is 0 Å². The number of aromatic carboxylic acids is 1. The van der Waals surface area contributed by atoms with Gasteiger partial charge < -0.3 is 14.8 Å². The van der Waals surface area contributed by atoms with Gasteiger partial charge in [-0.05, 0) is 12.5 Å². The molecule has 2 N–H and O–H groups in total. The van der Waals surface area contributed by atoms with E-state index < -0.39 is 5.97 Å². The molecule has 0 aliphatic carbocycles. The molecule has 0 amide bonds. The van der Waals surface area contributed by atoms with Crippen LogP contribution in [0, 0.1) is 12.3 Å². The van der Waals surface area contributed by atoms with Gasteiger partial charge in [-0.3, -0.25) is 0 Å². The SMILES string of the molecule is C#CCC(CC)Nc1ccc(C(=O)O)o1. The second-order valence-electron chi connectivity index (χ2n) is 3.13. The molecule has 4 heteroatoms. The number of carboxylic acid groups (broad SMARTS) is 1. The highest BCUT2D eigenvalue weighted by Crippen LogP contribution is 2.15. The van der Waals surface area contributed by atoms with Gasteiger partial charge in [0.25, 0.3) is 0 Å². The fourth-order valence-electron chi connectivity index (χ4n) is 1.17. The van der Waals surface area contributed by atoms with Gasteiger partial charge in [-0.1, -0.05) is 6.92 Å². The van der Waals surface area contributed by atoms with Gasteiger partial charge in [0.2, 0.25) is 5.76 Å². The Balaban J connectivity index is 2.64. The van der Waals surface area contributed by atoms with E-state index in [4.69, 9.17) is 15.9 Å². The van der Waals surface area contributed by atoms with E-state index in [0.29, 0.717) is 12.3 Å². The quantitative estimate of drug-likeness (QED) is 0.726. The van der Waals surface area contributed by atoms with Crippen molar-refractivity contribution < 1.29 is 14.3 Å². The lowest BCUT2D eigenvalue weighted by molar-refractivity contribution is 0.0663. The van der Waals surface area contributed by atoms with Crippen LogP contribution in [0.1, 0.15) is 30.3 Å². The molecule has 0 aromatic carbocycles. The Labute approximate surface area is 88.3 Å². The van der Waals surface area contributed by atoms with E-state index >= 15 is 0 Å². The molecule has 1 atom stereocenters. The Kier molecular flexibility index (Phi) is 3.81. The number of rotatable bonds is 5. The summed E-state index contributed by atoms with van der Waals surface area (Å²) in [4.78, 5) is 10.5. The summed E-state index contributed by atoms with van der Waals surface area (Å²) in [6, 6.07) is 3.11. The summed E-state index contributed by atoms with van der Waals surface area (Å²) >= 11 is 0. The minimum atomic E-state index is -1.08. The van der Waals surface area contributed by atoms with Crippen LogP contribution in [-0.4, -0.2) is 17.1 Å². The van der Waals surface area contributed by atoms with Crippen molar-refractivity contribution in [3.63, 3.8) is 0 Å². The average Bonchev–Trinajstić information content (AvgIpc) is 2.65. The van der Waals surface area contributed by atoms with Gasteiger partial charge in [-0.25, -0.2) is 4.79 Å². The van der Waals surface area contributed by atoms with Gasteiger partial charge >= 0.3 is 5.97 Å². The third-order valence-corrected chi connectivity index (χ3v) is 2.02. The molecule has 1 unspecified atom stereocenters. The smallest absolute Gasteiger partial charge is 0.371 e. The summed E-state index contributed by atoms with van der Waals surface area (Å²) in [6.07, 6.45) is 6.63. The molecule has 80 valence electrons. The van der Waals surface area contributed by atoms with Crippen molar-refractivity contribution in [3.05, 3.63) is 17.9 Å². The number of terminal acetylenes is 1. The normalized spacial score (nSPS) is 11.7. The second kappa shape index (κ2) is 5.11. The van der Waals surface area contributed by atoms with Gasteiger partial charge in [-0.15, -0.1) is 12.3 Å². The standard InChI is InChI=1S/C11H13NO3/c1-3-5-8(4-2)12-10-7-6-9(15-10)11(13)14/h1,6-8,12H,4-5H2,2H3,(H,13,14). The highest BCUT2D eigenvalue weighted by Gasteiger charge is 2.11. The number of anilines is 1. The molecule has 0 saturated heterocycles. The number of hydrogen-bond acceptors (Lipinski definition) is 3. The van der Waals surface area contributed by atoms with Crippen molar-refractivity contribution >= 4 is 11.9 Å². The molecule has 1 rings (SSSR count). The number of furan rings is 1. The molecule has 0 spiro atoms. The summed E-state index contributed by atoms with van der Waals surface area (Å²) < 4.78 is 5.04. The fraction of sp³-hybridized carbons (Fsp3) is 0.364. The first-order valence-electron chi connectivity index (χ1n) is 4.70. The maximum Gasteiger partial charge on any atom is 0.371 e. The highest BCUT2D eigenvalue weighted by molar-refractivity contribution is 5.84. The second-order valence-corrected chi connectivity index (χ2v) is 3.13. The van der Waals surface area contributed by atoms with Crippen molar-refractivity contribution in [2.75, 3.05) is 5.32 Å². The van der Waals surface area contributed by atoms with Gasteiger partial charge in [0.15, 0.2) is 5.88 Å². The van der Waals surface area contributed by atoms with E-state index in [1.165, 1.54) is 6.07 Å². The molecular formula is C11H13NO3. The molecule has 1 heterocycles. The zero-order valence-corrected chi connectivity index (χ0v) is 8.49. The molecule has 0 aliphatic rings. The van der Waals surface area contributed by atoms with Crippen LogP contribution in [0.5, 0.6) is 0 Å². The fourth-order valence-corrected chi connectivity index (χ4v) is 1.17. The van der Waals surface area contributed by atoms with E-state index in [2.05, 4.69) is 11.2 Å². The van der Waals surface area contributed by atoms with Gasteiger partial charge in [0, 0.05) is 18.5 Å². The van der Waals surface area contributed by atoms with Crippen molar-refractivity contribution in [1.82, 2.24) is 0 Å². The summed E-state index contributed by atoms with van der Waals surface area (Å²) in [6.45, 7) is 2.00. The monoisotopic (exact) mass is 207 g/mol. The van der Waals surface area contributed by atoms with E-state index in [0.717, 1.165) is 6.42 Å². The molecule has 1 aromatic heterocycles. The molecule has 1 aromatic rings. The number of hydrogen-bond donors (Lipinski definition) is 2. The molecule has 0 bridgehead atoms. The Morgan fingerprint density at radius 1 is 1.73 bits per heavy atom. The Hall–Kier alpha value is -1.89. The zero-order chi connectivity index (χ0) is 11.3. The number of carboxylic acids is 1. The Bertz CT molecular complexity index is 375. The van der Waals surface area contributed by atoms with Crippen LogP contribution in [0.15, 0.2) is 16.5 Å². The van der Waals surface area contributed by atoms with Gasteiger partial charge in [-0.2, -0.15) is 0 Å². The van der Waals surface area contributed by atoms with Crippen LogP contribution in [-0.2, 0) is 0 Å². The van der Waals surface area contributed by atoms with Crippen molar-refractivity contribution in [2.45, 2.75) is 25.8 Å². The predicted molar refractivity (Wildman–Crippen MR) is 56.8 cm³/mol. The van der Waals surface area contributed by atoms with Crippen LogP contribution >= 0.6 is 0 Å². The minimum absolute atomic E-state index is 0.0759. The van der Waals surface area contributed by atoms with Crippen LogP contribution < -0.4 is 5.32 Å². The van der Waals surface area contributed by atoms with Crippen molar-refractivity contribution in [1.29, 1.82) is 0 Å². The summed E-state index contributed by atoms with van der Waals surface area (Å²) in [5.74, 6) is 1.84. The maximum absolute atomic E-state index is 10.5. The van der Waals surface area contributed by atoms with E-state index in [-0.39, 0.29) is 11.8 Å². The largest absolute Gasteiger partial charge is 0.475 e. The minimum Gasteiger partial charge on any atom is -0.475 e. The first kappa shape index (κ1) is 11.2. The zero-order valence-electron chi connectivity index (χ0n) is 8.49. The third-order valence-electron chi connectivity index (χ3n) is 2.02. The summed E-state index contributed by atoms with van der Waals surface area (Å²) in [5, 5.41) is 11.7. The molecule has 0 fully saturated rings. The lowest BCUT2D eigenvalue weighted by Crippen LogP contribution is -2.16. The lowest BCUT2D eigenvalue weighted by atomic mass is 10.1. The highest BCUT2D eigenvalue weighted by atomic mass is 16.4. The van der Waals surface area contributed by atoms with E-state index in [1.807, 2.05) is 6.92 Å². The molecule has 0 aliphatic heterocycles. The van der Waals surface area contributed by atoms with Gasteiger partial charge in [0.1, 0.15) is 0 Å². The Morgan fingerprint density at radius 2 is 2.47 bits per heavy atom.